The second kappa shape index (κ2) is 10.2. The van der Waals surface area contributed by atoms with Gasteiger partial charge in [0.05, 0.1) is 12.7 Å². The first kappa shape index (κ1) is 19.5. The van der Waals surface area contributed by atoms with Crippen molar-refractivity contribution in [1.29, 1.82) is 0 Å². The van der Waals surface area contributed by atoms with E-state index in [9.17, 15) is 0 Å². The minimum absolute atomic E-state index is 0.326. The standard InChI is InChI=1S/C19H37N3O2/c1-16(2)13-19(8-5-9-19)15-22-18(20-3)21-10-6-11-23-14-17-7-4-12-24-17/h16-17H,4-15H2,1-3H3,(H2,20,21,22). The summed E-state index contributed by atoms with van der Waals surface area (Å²) in [4.78, 5) is 4.34. The van der Waals surface area contributed by atoms with E-state index in [4.69, 9.17) is 9.47 Å². The predicted molar refractivity (Wildman–Crippen MR) is 99.5 cm³/mol. The molecular weight excluding hydrogens is 302 g/mol. The Morgan fingerprint density at radius 3 is 2.71 bits per heavy atom. The summed E-state index contributed by atoms with van der Waals surface area (Å²) in [6.07, 6.45) is 9.04. The van der Waals surface area contributed by atoms with E-state index in [0.717, 1.165) is 57.6 Å². The molecule has 0 amide bonds. The maximum Gasteiger partial charge on any atom is 0.190 e. The van der Waals surface area contributed by atoms with Crippen LogP contribution in [0.25, 0.3) is 0 Å². The third kappa shape index (κ3) is 6.60. The van der Waals surface area contributed by atoms with Crippen LogP contribution in [0.1, 0.15) is 58.8 Å². The van der Waals surface area contributed by atoms with Crippen LogP contribution in [0, 0.1) is 11.3 Å². The molecule has 0 bridgehead atoms. The van der Waals surface area contributed by atoms with Gasteiger partial charge in [-0.3, -0.25) is 4.99 Å². The van der Waals surface area contributed by atoms with Crippen molar-refractivity contribution < 1.29 is 9.47 Å². The van der Waals surface area contributed by atoms with Gasteiger partial charge < -0.3 is 20.1 Å². The van der Waals surface area contributed by atoms with Crippen LogP contribution in [0.4, 0.5) is 0 Å². The first-order valence-electron chi connectivity index (χ1n) is 9.77. The van der Waals surface area contributed by atoms with Crippen molar-refractivity contribution in [2.24, 2.45) is 16.3 Å². The van der Waals surface area contributed by atoms with Gasteiger partial charge in [0, 0.05) is 33.4 Å². The van der Waals surface area contributed by atoms with Crippen molar-refractivity contribution >= 4 is 5.96 Å². The average molecular weight is 340 g/mol. The summed E-state index contributed by atoms with van der Waals surface area (Å²) in [5, 5.41) is 6.93. The lowest BCUT2D eigenvalue weighted by Gasteiger charge is -2.43. The van der Waals surface area contributed by atoms with Crippen molar-refractivity contribution in [3.05, 3.63) is 0 Å². The summed E-state index contributed by atoms with van der Waals surface area (Å²) in [5.41, 5.74) is 0.496. The van der Waals surface area contributed by atoms with E-state index in [1.165, 1.54) is 32.1 Å². The topological polar surface area (TPSA) is 54.9 Å². The highest BCUT2D eigenvalue weighted by Crippen LogP contribution is 2.45. The molecule has 140 valence electrons. The molecule has 5 nitrogen and oxygen atoms in total. The zero-order chi connectivity index (χ0) is 17.3. The Hall–Kier alpha value is -0.810. The second-order valence-electron chi connectivity index (χ2n) is 7.87. The van der Waals surface area contributed by atoms with E-state index >= 15 is 0 Å². The average Bonchev–Trinajstić information content (AvgIpc) is 3.03. The number of ether oxygens (including phenoxy) is 2. The van der Waals surface area contributed by atoms with Crippen molar-refractivity contribution in [2.45, 2.75) is 64.9 Å². The molecule has 2 aliphatic rings. The fraction of sp³-hybridized carbons (Fsp3) is 0.947. The molecule has 1 unspecified atom stereocenters. The SMILES string of the molecule is CN=C(NCCCOCC1CCCO1)NCC1(CC(C)C)CCC1. The van der Waals surface area contributed by atoms with E-state index in [-0.39, 0.29) is 0 Å². The van der Waals surface area contributed by atoms with Gasteiger partial charge in [-0.1, -0.05) is 20.3 Å². The smallest absolute Gasteiger partial charge is 0.190 e. The first-order chi connectivity index (χ1) is 11.6. The Morgan fingerprint density at radius 1 is 1.29 bits per heavy atom. The third-order valence-electron chi connectivity index (χ3n) is 5.20. The maximum atomic E-state index is 5.69. The Balaban J connectivity index is 1.53. The quantitative estimate of drug-likeness (QED) is 0.365. The Bertz CT molecular complexity index is 375. The molecule has 1 saturated carbocycles. The highest BCUT2D eigenvalue weighted by Gasteiger charge is 2.37. The molecule has 0 aromatic carbocycles. The van der Waals surface area contributed by atoms with Crippen LogP contribution in [-0.2, 0) is 9.47 Å². The highest BCUT2D eigenvalue weighted by atomic mass is 16.5. The summed E-state index contributed by atoms with van der Waals surface area (Å²) in [6.45, 7) is 9.00. The van der Waals surface area contributed by atoms with Crippen LogP contribution < -0.4 is 10.6 Å². The summed E-state index contributed by atoms with van der Waals surface area (Å²) < 4.78 is 11.2. The van der Waals surface area contributed by atoms with Crippen LogP contribution in [0.3, 0.4) is 0 Å². The van der Waals surface area contributed by atoms with Gasteiger partial charge in [0.2, 0.25) is 0 Å². The molecule has 0 spiro atoms. The summed E-state index contributed by atoms with van der Waals surface area (Å²) in [7, 11) is 1.85. The lowest BCUT2D eigenvalue weighted by Crippen LogP contribution is -2.47. The fourth-order valence-electron chi connectivity index (χ4n) is 3.86. The number of rotatable bonds is 10. The molecular formula is C19H37N3O2. The van der Waals surface area contributed by atoms with Gasteiger partial charge in [0.1, 0.15) is 0 Å². The molecule has 1 aliphatic carbocycles. The van der Waals surface area contributed by atoms with Crippen LogP contribution in [0.2, 0.25) is 0 Å². The maximum absolute atomic E-state index is 5.69. The van der Waals surface area contributed by atoms with Crippen molar-refractivity contribution in [2.75, 3.05) is 40.0 Å². The van der Waals surface area contributed by atoms with Gasteiger partial charge in [-0.05, 0) is 49.9 Å². The van der Waals surface area contributed by atoms with Crippen LogP contribution in [0.15, 0.2) is 4.99 Å². The normalized spacial score (nSPS) is 23.3. The molecule has 0 aromatic heterocycles. The lowest BCUT2D eigenvalue weighted by atomic mass is 9.64. The van der Waals surface area contributed by atoms with Gasteiger partial charge in [-0.25, -0.2) is 0 Å². The minimum Gasteiger partial charge on any atom is -0.379 e. The zero-order valence-corrected chi connectivity index (χ0v) is 15.9. The van der Waals surface area contributed by atoms with Crippen molar-refractivity contribution in [3.8, 4) is 0 Å². The molecule has 1 atom stereocenters. The summed E-state index contributed by atoms with van der Waals surface area (Å²) in [6, 6.07) is 0. The van der Waals surface area contributed by atoms with E-state index in [1.54, 1.807) is 0 Å². The Kier molecular flexibility index (Phi) is 8.33. The van der Waals surface area contributed by atoms with Crippen LogP contribution >= 0.6 is 0 Å². The van der Waals surface area contributed by atoms with Crippen molar-refractivity contribution in [3.63, 3.8) is 0 Å². The first-order valence-corrected chi connectivity index (χ1v) is 9.77. The molecule has 2 fully saturated rings. The summed E-state index contributed by atoms with van der Waals surface area (Å²) in [5.74, 6) is 1.69. The number of hydrogen-bond donors (Lipinski definition) is 2. The second-order valence-corrected chi connectivity index (χ2v) is 7.87. The van der Waals surface area contributed by atoms with Gasteiger partial charge >= 0.3 is 0 Å². The van der Waals surface area contributed by atoms with Gasteiger partial charge in [-0.2, -0.15) is 0 Å². The molecule has 1 aliphatic heterocycles. The number of nitrogens with zero attached hydrogens (tertiary/aromatic N) is 1. The Morgan fingerprint density at radius 2 is 2.12 bits per heavy atom. The zero-order valence-electron chi connectivity index (χ0n) is 15.9. The predicted octanol–water partition coefficient (Wildman–Crippen LogP) is 2.95. The lowest BCUT2D eigenvalue weighted by molar-refractivity contribution is 0.0168. The molecule has 24 heavy (non-hydrogen) atoms. The van der Waals surface area contributed by atoms with E-state index in [0.29, 0.717) is 11.5 Å². The third-order valence-corrected chi connectivity index (χ3v) is 5.20. The van der Waals surface area contributed by atoms with Crippen LogP contribution in [0.5, 0.6) is 0 Å². The number of nitrogens with one attached hydrogen (secondary N) is 2. The number of aliphatic imine (C=N–C) groups is 1. The number of hydrogen-bond acceptors (Lipinski definition) is 3. The van der Waals surface area contributed by atoms with Gasteiger partial charge in [0.15, 0.2) is 5.96 Å². The van der Waals surface area contributed by atoms with E-state index < -0.39 is 0 Å². The number of guanidine groups is 1. The molecule has 0 radical (unpaired) electrons. The molecule has 0 aromatic rings. The largest absolute Gasteiger partial charge is 0.379 e. The molecule has 2 rings (SSSR count). The van der Waals surface area contributed by atoms with Crippen molar-refractivity contribution in [1.82, 2.24) is 10.6 Å². The molecule has 1 saturated heterocycles. The van der Waals surface area contributed by atoms with Gasteiger partial charge in [-0.15, -0.1) is 0 Å². The molecule has 1 heterocycles. The molecule has 5 heteroatoms. The fourth-order valence-corrected chi connectivity index (χ4v) is 3.86. The van der Waals surface area contributed by atoms with E-state index in [2.05, 4.69) is 29.5 Å². The minimum atomic E-state index is 0.326. The van der Waals surface area contributed by atoms with E-state index in [1.807, 2.05) is 7.05 Å². The molecule has 2 N–H and O–H groups in total. The van der Waals surface area contributed by atoms with Crippen LogP contribution in [-0.4, -0.2) is 52.0 Å². The summed E-state index contributed by atoms with van der Waals surface area (Å²) >= 11 is 0. The van der Waals surface area contributed by atoms with Gasteiger partial charge in [0.25, 0.3) is 0 Å². The Labute approximate surface area is 148 Å². The highest BCUT2D eigenvalue weighted by molar-refractivity contribution is 5.79. The monoisotopic (exact) mass is 339 g/mol.